The first-order chi connectivity index (χ1) is 6.93. The van der Waals surface area contributed by atoms with Crippen molar-refractivity contribution in [3.63, 3.8) is 0 Å². The van der Waals surface area contributed by atoms with Crippen molar-refractivity contribution in [2.45, 2.75) is 25.1 Å². The second-order valence-electron chi connectivity index (χ2n) is 3.89. The number of halogens is 3. The zero-order valence-corrected chi connectivity index (χ0v) is 8.30. The van der Waals surface area contributed by atoms with Crippen LogP contribution in [0.4, 0.5) is 13.2 Å². The molecule has 6 heteroatoms. The SMILES string of the molecule is N#CC(CN1CCCC(N)C1)C(F)(F)F. The second kappa shape index (κ2) is 4.81. The minimum atomic E-state index is -4.43. The molecule has 0 spiro atoms. The van der Waals surface area contributed by atoms with E-state index in [4.69, 9.17) is 11.0 Å². The van der Waals surface area contributed by atoms with Gasteiger partial charge in [0.25, 0.3) is 0 Å². The molecule has 15 heavy (non-hydrogen) atoms. The maximum Gasteiger partial charge on any atom is 0.405 e. The van der Waals surface area contributed by atoms with Crippen LogP contribution >= 0.6 is 0 Å². The number of piperidine rings is 1. The van der Waals surface area contributed by atoms with Gasteiger partial charge in [-0.05, 0) is 19.4 Å². The Morgan fingerprint density at radius 3 is 2.67 bits per heavy atom. The van der Waals surface area contributed by atoms with Gasteiger partial charge in [-0.1, -0.05) is 0 Å². The summed E-state index contributed by atoms with van der Waals surface area (Å²) >= 11 is 0. The van der Waals surface area contributed by atoms with E-state index in [1.165, 1.54) is 6.07 Å². The molecule has 1 fully saturated rings. The average Bonchev–Trinajstić information content (AvgIpc) is 2.12. The maximum atomic E-state index is 12.3. The van der Waals surface area contributed by atoms with Gasteiger partial charge in [-0.2, -0.15) is 18.4 Å². The Balaban J connectivity index is 2.49. The molecule has 2 unspecified atom stereocenters. The molecule has 0 bridgehead atoms. The summed E-state index contributed by atoms with van der Waals surface area (Å²) in [6.45, 7) is 0.796. The minimum absolute atomic E-state index is 0.0636. The maximum absolute atomic E-state index is 12.3. The highest BCUT2D eigenvalue weighted by atomic mass is 19.4. The number of hydrogen-bond donors (Lipinski definition) is 1. The van der Waals surface area contributed by atoms with Gasteiger partial charge in [-0.15, -0.1) is 0 Å². The highest BCUT2D eigenvalue weighted by Crippen LogP contribution is 2.27. The van der Waals surface area contributed by atoms with Gasteiger partial charge in [-0.25, -0.2) is 0 Å². The number of nitriles is 1. The Morgan fingerprint density at radius 1 is 1.53 bits per heavy atom. The predicted octanol–water partition coefficient (Wildman–Crippen LogP) is 1.11. The molecule has 2 atom stereocenters. The Bertz CT molecular complexity index is 246. The molecule has 3 nitrogen and oxygen atoms in total. The molecule has 0 aromatic carbocycles. The molecule has 0 aromatic rings. The molecule has 1 heterocycles. The van der Waals surface area contributed by atoms with E-state index in [0.717, 1.165) is 12.8 Å². The van der Waals surface area contributed by atoms with Crippen LogP contribution in [0.3, 0.4) is 0 Å². The quantitative estimate of drug-likeness (QED) is 0.760. The first kappa shape index (κ1) is 12.3. The van der Waals surface area contributed by atoms with Crippen molar-refractivity contribution in [3.8, 4) is 6.07 Å². The third-order valence-electron chi connectivity index (χ3n) is 2.53. The highest BCUT2D eigenvalue weighted by molar-refractivity contribution is 4.91. The van der Waals surface area contributed by atoms with E-state index in [1.807, 2.05) is 0 Å². The van der Waals surface area contributed by atoms with E-state index >= 15 is 0 Å². The molecule has 1 rings (SSSR count). The van der Waals surface area contributed by atoms with Gasteiger partial charge < -0.3 is 10.6 Å². The van der Waals surface area contributed by atoms with Gasteiger partial charge in [0.1, 0.15) is 0 Å². The van der Waals surface area contributed by atoms with Crippen LogP contribution in [0.1, 0.15) is 12.8 Å². The van der Waals surface area contributed by atoms with Gasteiger partial charge in [0, 0.05) is 19.1 Å². The summed E-state index contributed by atoms with van der Waals surface area (Å²) in [4.78, 5) is 1.62. The average molecular weight is 221 g/mol. The minimum Gasteiger partial charge on any atom is -0.327 e. The smallest absolute Gasteiger partial charge is 0.327 e. The number of rotatable bonds is 2. The Morgan fingerprint density at radius 2 is 2.20 bits per heavy atom. The molecular formula is C9H14F3N3. The van der Waals surface area contributed by atoms with Crippen LogP contribution in [0.2, 0.25) is 0 Å². The first-order valence-corrected chi connectivity index (χ1v) is 4.87. The van der Waals surface area contributed by atoms with Crippen LogP contribution < -0.4 is 5.73 Å². The van der Waals surface area contributed by atoms with Gasteiger partial charge in [0.05, 0.1) is 6.07 Å². The topological polar surface area (TPSA) is 53.0 Å². The lowest BCUT2D eigenvalue weighted by Gasteiger charge is -2.32. The summed E-state index contributed by atoms with van der Waals surface area (Å²) in [7, 11) is 0. The summed E-state index contributed by atoms with van der Waals surface area (Å²) in [5.41, 5.74) is 5.65. The van der Waals surface area contributed by atoms with Crippen LogP contribution in [-0.4, -0.2) is 36.8 Å². The third-order valence-corrected chi connectivity index (χ3v) is 2.53. The van der Waals surface area contributed by atoms with Crippen LogP contribution in [0, 0.1) is 17.2 Å². The summed E-state index contributed by atoms with van der Waals surface area (Å²) in [5, 5.41) is 8.43. The van der Waals surface area contributed by atoms with E-state index in [1.54, 1.807) is 4.90 Å². The summed E-state index contributed by atoms with van der Waals surface area (Å²) in [6.07, 6.45) is -2.78. The van der Waals surface area contributed by atoms with Crippen molar-refractivity contribution in [2.24, 2.45) is 11.7 Å². The van der Waals surface area contributed by atoms with E-state index in [0.29, 0.717) is 13.1 Å². The van der Waals surface area contributed by atoms with Crippen molar-refractivity contribution in [2.75, 3.05) is 19.6 Å². The predicted molar refractivity (Wildman–Crippen MR) is 48.8 cm³/mol. The monoisotopic (exact) mass is 221 g/mol. The zero-order chi connectivity index (χ0) is 11.5. The molecule has 1 saturated heterocycles. The molecule has 2 N–H and O–H groups in total. The van der Waals surface area contributed by atoms with Gasteiger partial charge >= 0.3 is 6.18 Å². The summed E-state index contributed by atoms with van der Waals surface area (Å²) in [6, 6.07) is 1.23. The van der Waals surface area contributed by atoms with E-state index in [9.17, 15) is 13.2 Å². The normalized spacial score (nSPS) is 25.9. The number of alkyl halides is 3. The standard InChI is InChI=1S/C9H14F3N3/c10-9(11,12)7(4-13)5-15-3-1-2-8(14)6-15/h7-8H,1-3,5-6,14H2. The third kappa shape index (κ3) is 3.68. The fourth-order valence-electron chi connectivity index (χ4n) is 1.73. The second-order valence-corrected chi connectivity index (χ2v) is 3.89. The highest BCUT2D eigenvalue weighted by Gasteiger charge is 2.41. The Hall–Kier alpha value is -0.800. The van der Waals surface area contributed by atoms with Gasteiger partial charge in [0.15, 0.2) is 5.92 Å². The lowest BCUT2D eigenvalue weighted by molar-refractivity contribution is -0.163. The van der Waals surface area contributed by atoms with Gasteiger partial charge in [0.2, 0.25) is 0 Å². The zero-order valence-electron chi connectivity index (χ0n) is 8.30. The number of hydrogen-bond acceptors (Lipinski definition) is 3. The van der Waals surface area contributed by atoms with Crippen LogP contribution in [-0.2, 0) is 0 Å². The number of nitrogens with two attached hydrogens (primary N) is 1. The molecule has 0 amide bonds. The fourth-order valence-corrected chi connectivity index (χ4v) is 1.73. The fraction of sp³-hybridized carbons (Fsp3) is 0.889. The lowest BCUT2D eigenvalue weighted by Crippen LogP contribution is -2.46. The Kier molecular flexibility index (Phi) is 3.94. The van der Waals surface area contributed by atoms with Crippen LogP contribution in [0.15, 0.2) is 0 Å². The lowest BCUT2D eigenvalue weighted by atomic mass is 10.0. The van der Waals surface area contributed by atoms with E-state index in [-0.39, 0.29) is 12.6 Å². The molecule has 0 aliphatic carbocycles. The largest absolute Gasteiger partial charge is 0.405 e. The molecule has 86 valence electrons. The number of likely N-dealkylation sites (tertiary alicyclic amines) is 1. The molecule has 1 aliphatic heterocycles. The van der Waals surface area contributed by atoms with Crippen LogP contribution in [0.5, 0.6) is 0 Å². The van der Waals surface area contributed by atoms with Crippen molar-refractivity contribution < 1.29 is 13.2 Å². The molecule has 0 radical (unpaired) electrons. The molecule has 0 aromatic heterocycles. The molecule has 0 saturated carbocycles. The van der Waals surface area contributed by atoms with E-state index in [2.05, 4.69) is 0 Å². The van der Waals surface area contributed by atoms with Gasteiger partial charge in [-0.3, -0.25) is 0 Å². The van der Waals surface area contributed by atoms with E-state index < -0.39 is 12.1 Å². The first-order valence-electron chi connectivity index (χ1n) is 4.87. The summed E-state index contributed by atoms with van der Waals surface area (Å²) in [5.74, 6) is -1.90. The van der Waals surface area contributed by atoms with Crippen molar-refractivity contribution >= 4 is 0 Å². The van der Waals surface area contributed by atoms with Crippen molar-refractivity contribution in [1.29, 1.82) is 5.26 Å². The van der Waals surface area contributed by atoms with Crippen molar-refractivity contribution in [3.05, 3.63) is 0 Å². The molecular weight excluding hydrogens is 207 g/mol. The van der Waals surface area contributed by atoms with Crippen molar-refractivity contribution in [1.82, 2.24) is 4.90 Å². The van der Waals surface area contributed by atoms with Crippen LogP contribution in [0.25, 0.3) is 0 Å². The summed E-state index contributed by atoms with van der Waals surface area (Å²) < 4.78 is 36.9. The molecule has 1 aliphatic rings. The Labute approximate surface area is 86.6 Å². The number of nitrogens with zero attached hydrogens (tertiary/aromatic N) is 2.